The number of nitrogens with one attached hydrogen (secondary N) is 2. The van der Waals surface area contributed by atoms with Crippen molar-refractivity contribution in [3.63, 3.8) is 0 Å². The van der Waals surface area contributed by atoms with Crippen LogP contribution < -0.4 is 20.7 Å². The Kier molecular flexibility index (Phi) is 3.38. The Bertz CT molecular complexity index is 959. The second kappa shape index (κ2) is 5.36. The molecule has 3 rings (SSSR count). The van der Waals surface area contributed by atoms with Crippen LogP contribution in [0, 0.1) is 0 Å². The minimum atomic E-state index is -0.588. The van der Waals surface area contributed by atoms with Gasteiger partial charge >= 0.3 is 5.69 Å². The van der Waals surface area contributed by atoms with Crippen LogP contribution in [0.25, 0.3) is 22.2 Å². The van der Waals surface area contributed by atoms with Gasteiger partial charge in [0, 0.05) is 6.20 Å². The average Bonchev–Trinajstić information content (AvgIpc) is 2.53. The highest BCUT2D eigenvalue weighted by molar-refractivity contribution is 5.92. The lowest BCUT2D eigenvalue weighted by atomic mass is 10.0. The van der Waals surface area contributed by atoms with Crippen LogP contribution in [0.1, 0.15) is 0 Å². The standard InChI is InChI=1S/C15H13N3O4/c1-21-10-4-3-8(7-11(10)22-2)9-5-6-16-13-12(9)14(19)18-15(20)17-13/h3-7H,1-2H3,(H2,16,17,18,19,20). The summed E-state index contributed by atoms with van der Waals surface area (Å²) in [5.41, 5.74) is 0.554. The monoisotopic (exact) mass is 299 g/mol. The zero-order chi connectivity index (χ0) is 15.7. The number of pyridine rings is 1. The number of aromatic nitrogens is 3. The Morgan fingerprint density at radius 1 is 1.00 bits per heavy atom. The third kappa shape index (κ3) is 2.22. The summed E-state index contributed by atoms with van der Waals surface area (Å²) in [6, 6.07) is 7.02. The first-order valence-corrected chi connectivity index (χ1v) is 6.47. The number of hydrogen-bond donors (Lipinski definition) is 2. The van der Waals surface area contributed by atoms with Crippen molar-refractivity contribution < 1.29 is 9.47 Å². The normalized spacial score (nSPS) is 10.6. The van der Waals surface area contributed by atoms with Crippen LogP contribution in [0.3, 0.4) is 0 Å². The van der Waals surface area contributed by atoms with Crippen molar-refractivity contribution in [1.29, 1.82) is 0 Å². The molecule has 7 nitrogen and oxygen atoms in total. The number of H-pyrrole nitrogens is 2. The van der Waals surface area contributed by atoms with Crippen molar-refractivity contribution >= 4 is 11.0 Å². The Labute approximate surface area is 124 Å². The van der Waals surface area contributed by atoms with E-state index in [2.05, 4.69) is 15.0 Å². The molecule has 0 aliphatic heterocycles. The zero-order valence-corrected chi connectivity index (χ0v) is 12.0. The number of rotatable bonds is 3. The molecule has 7 heteroatoms. The van der Waals surface area contributed by atoms with E-state index in [9.17, 15) is 9.59 Å². The Morgan fingerprint density at radius 3 is 2.50 bits per heavy atom. The van der Waals surface area contributed by atoms with Crippen molar-refractivity contribution in [3.8, 4) is 22.6 Å². The largest absolute Gasteiger partial charge is 0.493 e. The summed E-state index contributed by atoms with van der Waals surface area (Å²) in [5.74, 6) is 1.14. The first-order chi connectivity index (χ1) is 10.6. The minimum absolute atomic E-state index is 0.237. The summed E-state index contributed by atoms with van der Waals surface area (Å²) < 4.78 is 10.5. The number of nitrogens with zero attached hydrogens (tertiary/aromatic N) is 1. The zero-order valence-electron chi connectivity index (χ0n) is 12.0. The molecule has 0 bridgehead atoms. The van der Waals surface area contributed by atoms with Gasteiger partial charge in [0.2, 0.25) is 0 Å². The number of fused-ring (bicyclic) bond motifs is 1. The highest BCUT2D eigenvalue weighted by Gasteiger charge is 2.12. The average molecular weight is 299 g/mol. The van der Waals surface area contributed by atoms with Crippen LogP contribution in [-0.4, -0.2) is 29.2 Å². The summed E-state index contributed by atoms with van der Waals surface area (Å²) in [5, 5.41) is 0.314. The molecule has 3 aromatic rings. The SMILES string of the molecule is COc1ccc(-c2ccnc3[nH]c(=O)[nH]c(=O)c23)cc1OC. The Morgan fingerprint density at radius 2 is 1.77 bits per heavy atom. The Balaban J connectivity index is 2.31. The molecule has 2 aromatic heterocycles. The van der Waals surface area contributed by atoms with Crippen LogP contribution >= 0.6 is 0 Å². The predicted molar refractivity (Wildman–Crippen MR) is 81.5 cm³/mol. The molecule has 0 saturated carbocycles. The number of ether oxygens (including phenoxy) is 2. The van der Waals surface area contributed by atoms with Gasteiger partial charge in [0.05, 0.1) is 19.6 Å². The van der Waals surface area contributed by atoms with E-state index in [0.29, 0.717) is 22.4 Å². The van der Waals surface area contributed by atoms with Gasteiger partial charge < -0.3 is 9.47 Å². The van der Waals surface area contributed by atoms with Crippen molar-refractivity contribution in [2.45, 2.75) is 0 Å². The van der Waals surface area contributed by atoms with E-state index in [1.165, 1.54) is 13.3 Å². The third-order valence-electron chi connectivity index (χ3n) is 3.33. The van der Waals surface area contributed by atoms with Crippen LogP contribution in [0.4, 0.5) is 0 Å². The molecule has 2 heterocycles. The number of hydrogen-bond acceptors (Lipinski definition) is 5. The fourth-order valence-corrected chi connectivity index (χ4v) is 2.34. The molecule has 0 aliphatic rings. The van der Waals surface area contributed by atoms with Gasteiger partial charge in [-0.3, -0.25) is 14.8 Å². The van der Waals surface area contributed by atoms with Gasteiger partial charge in [-0.2, -0.15) is 0 Å². The molecule has 0 amide bonds. The van der Waals surface area contributed by atoms with Gasteiger partial charge in [-0.05, 0) is 29.3 Å². The fourth-order valence-electron chi connectivity index (χ4n) is 2.34. The number of methoxy groups -OCH3 is 2. The summed E-state index contributed by atoms with van der Waals surface area (Å²) in [7, 11) is 3.09. The van der Waals surface area contributed by atoms with Crippen molar-refractivity contribution in [2.75, 3.05) is 14.2 Å². The van der Waals surface area contributed by atoms with Crippen LogP contribution in [0.15, 0.2) is 40.1 Å². The van der Waals surface area contributed by atoms with Gasteiger partial charge in [0.1, 0.15) is 5.65 Å². The summed E-state index contributed by atoms with van der Waals surface area (Å²) in [6.07, 6.45) is 1.53. The van der Waals surface area contributed by atoms with E-state index in [1.807, 2.05) is 0 Å². The van der Waals surface area contributed by atoms with Gasteiger partial charge in [-0.25, -0.2) is 9.78 Å². The van der Waals surface area contributed by atoms with Crippen molar-refractivity contribution in [3.05, 3.63) is 51.3 Å². The second-order valence-electron chi connectivity index (χ2n) is 4.56. The van der Waals surface area contributed by atoms with E-state index < -0.39 is 11.2 Å². The maximum absolute atomic E-state index is 12.1. The molecule has 0 fully saturated rings. The molecule has 0 saturated heterocycles. The molecule has 0 aliphatic carbocycles. The molecule has 0 radical (unpaired) electrons. The second-order valence-corrected chi connectivity index (χ2v) is 4.56. The highest BCUT2D eigenvalue weighted by atomic mass is 16.5. The topological polar surface area (TPSA) is 97.1 Å². The first kappa shape index (κ1) is 13.9. The lowest BCUT2D eigenvalue weighted by Gasteiger charge is -2.10. The molecule has 0 atom stereocenters. The van der Waals surface area contributed by atoms with Crippen molar-refractivity contribution in [1.82, 2.24) is 15.0 Å². The lowest BCUT2D eigenvalue weighted by Crippen LogP contribution is -2.22. The number of aromatic amines is 2. The fraction of sp³-hybridized carbons (Fsp3) is 0.133. The maximum Gasteiger partial charge on any atom is 0.327 e. The minimum Gasteiger partial charge on any atom is -0.493 e. The molecule has 0 unspecified atom stereocenters. The predicted octanol–water partition coefficient (Wildman–Crippen LogP) is 1.30. The van der Waals surface area contributed by atoms with Crippen molar-refractivity contribution in [2.24, 2.45) is 0 Å². The summed E-state index contributed by atoms with van der Waals surface area (Å²) in [6.45, 7) is 0. The molecule has 112 valence electrons. The van der Waals surface area contributed by atoms with Gasteiger partial charge in [-0.15, -0.1) is 0 Å². The van der Waals surface area contributed by atoms with Gasteiger partial charge in [-0.1, -0.05) is 6.07 Å². The van der Waals surface area contributed by atoms with E-state index in [0.717, 1.165) is 5.56 Å². The molecular weight excluding hydrogens is 286 g/mol. The first-order valence-electron chi connectivity index (χ1n) is 6.47. The lowest BCUT2D eigenvalue weighted by molar-refractivity contribution is 0.355. The molecule has 22 heavy (non-hydrogen) atoms. The quantitative estimate of drug-likeness (QED) is 0.759. The Hall–Kier alpha value is -3.09. The third-order valence-corrected chi connectivity index (χ3v) is 3.33. The van der Waals surface area contributed by atoms with E-state index in [4.69, 9.17) is 9.47 Å². The van der Waals surface area contributed by atoms with Gasteiger partial charge in [0.25, 0.3) is 5.56 Å². The smallest absolute Gasteiger partial charge is 0.327 e. The number of benzene rings is 1. The van der Waals surface area contributed by atoms with Crippen LogP contribution in [0.2, 0.25) is 0 Å². The van der Waals surface area contributed by atoms with E-state index in [1.54, 1.807) is 31.4 Å². The maximum atomic E-state index is 12.1. The summed E-state index contributed by atoms with van der Waals surface area (Å²) in [4.78, 5) is 32.2. The summed E-state index contributed by atoms with van der Waals surface area (Å²) >= 11 is 0. The highest BCUT2D eigenvalue weighted by Crippen LogP contribution is 2.33. The molecule has 0 spiro atoms. The van der Waals surface area contributed by atoms with E-state index >= 15 is 0 Å². The van der Waals surface area contributed by atoms with Crippen LogP contribution in [0.5, 0.6) is 11.5 Å². The molecular formula is C15H13N3O4. The molecule has 1 aromatic carbocycles. The van der Waals surface area contributed by atoms with Gasteiger partial charge in [0.15, 0.2) is 11.5 Å². The van der Waals surface area contributed by atoms with Crippen LogP contribution in [-0.2, 0) is 0 Å². The van der Waals surface area contributed by atoms with E-state index in [-0.39, 0.29) is 5.65 Å². The molecule has 2 N–H and O–H groups in total.